The average molecular weight is 289 g/mol. The maximum Gasteiger partial charge on any atom is 0.322 e. The highest BCUT2D eigenvalue weighted by Gasteiger charge is 2.34. The minimum absolute atomic E-state index is 0.0794. The highest BCUT2D eigenvalue weighted by Crippen LogP contribution is 2.36. The van der Waals surface area contributed by atoms with Crippen LogP contribution in [0.5, 0.6) is 0 Å². The Morgan fingerprint density at radius 1 is 1.44 bits per heavy atom. The van der Waals surface area contributed by atoms with Crippen LogP contribution >= 0.6 is 23.1 Å². The van der Waals surface area contributed by atoms with Crippen LogP contribution in [0.3, 0.4) is 0 Å². The first kappa shape index (κ1) is 15.5. The molecular weight excluding hydrogens is 270 g/mol. The number of nitrogens with zero attached hydrogens (tertiary/aromatic N) is 1. The number of aromatic nitrogens is 1. The van der Waals surface area contributed by atoms with Crippen molar-refractivity contribution < 1.29 is 14.6 Å². The van der Waals surface area contributed by atoms with Gasteiger partial charge < -0.3 is 9.84 Å². The fraction of sp³-hybridized carbons (Fsp3) is 0.667. The normalized spacial score (nSPS) is 12.6. The third kappa shape index (κ3) is 4.59. The number of esters is 1. The molecule has 1 rings (SSSR count). The molecule has 0 amide bonds. The van der Waals surface area contributed by atoms with E-state index >= 15 is 0 Å². The molecule has 102 valence electrons. The molecule has 0 saturated carbocycles. The quantitative estimate of drug-likeness (QED) is 0.682. The lowest BCUT2D eigenvalue weighted by atomic mass is 10.1. The number of thioether (sulfide) groups is 1. The highest BCUT2D eigenvalue weighted by atomic mass is 32.2. The van der Waals surface area contributed by atoms with Gasteiger partial charge in [0.05, 0.1) is 12.3 Å². The summed E-state index contributed by atoms with van der Waals surface area (Å²) in [7, 11) is 0. The molecule has 0 aliphatic heterocycles. The average Bonchev–Trinajstić information content (AvgIpc) is 2.62. The van der Waals surface area contributed by atoms with Crippen molar-refractivity contribution in [1.82, 2.24) is 4.98 Å². The Morgan fingerprint density at radius 3 is 2.50 bits per heavy atom. The lowest BCUT2D eigenvalue weighted by molar-refractivity contribution is -0.156. The molecule has 0 bridgehead atoms. The van der Waals surface area contributed by atoms with Crippen molar-refractivity contribution in [2.24, 2.45) is 0 Å². The number of hydrogen-bond acceptors (Lipinski definition) is 6. The molecule has 0 spiro atoms. The Morgan fingerprint density at radius 2 is 2.06 bits per heavy atom. The molecule has 1 aromatic heterocycles. The summed E-state index contributed by atoms with van der Waals surface area (Å²) < 4.78 is 5.44. The van der Waals surface area contributed by atoms with Crippen LogP contribution in [0.25, 0.3) is 0 Å². The van der Waals surface area contributed by atoms with Gasteiger partial charge in [-0.1, -0.05) is 11.8 Å². The van der Waals surface area contributed by atoms with Gasteiger partial charge in [0.2, 0.25) is 0 Å². The van der Waals surface area contributed by atoms with Gasteiger partial charge in [-0.3, -0.25) is 4.79 Å². The number of carbonyl (C=O) groups excluding carboxylic acids is 1. The molecule has 0 aliphatic carbocycles. The fourth-order valence-electron chi connectivity index (χ4n) is 1.07. The van der Waals surface area contributed by atoms with E-state index in [-0.39, 0.29) is 12.6 Å². The van der Waals surface area contributed by atoms with Gasteiger partial charge in [0, 0.05) is 5.38 Å². The Bertz CT molecular complexity index is 421. The molecule has 0 saturated heterocycles. The number of thiazole rings is 1. The minimum atomic E-state index is -0.697. The molecule has 1 N–H and O–H groups in total. The lowest BCUT2D eigenvalue weighted by Crippen LogP contribution is -2.36. The first-order valence-electron chi connectivity index (χ1n) is 5.62. The van der Waals surface area contributed by atoms with Crippen molar-refractivity contribution >= 4 is 29.1 Å². The monoisotopic (exact) mass is 289 g/mol. The molecule has 6 heteroatoms. The summed E-state index contributed by atoms with van der Waals surface area (Å²) >= 11 is 2.77. The maximum absolute atomic E-state index is 12.0. The van der Waals surface area contributed by atoms with Crippen LogP contribution in [0.4, 0.5) is 0 Å². The number of aliphatic hydroxyl groups is 1. The predicted molar refractivity (Wildman–Crippen MR) is 73.8 cm³/mol. The van der Waals surface area contributed by atoms with Crippen molar-refractivity contribution in [2.45, 2.75) is 55.9 Å². The highest BCUT2D eigenvalue weighted by molar-refractivity contribution is 8.03. The number of rotatable bonds is 4. The van der Waals surface area contributed by atoms with Crippen LogP contribution in [0, 0.1) is 0 Å². The molecule has 1 heterocycles. The minimum Gasteiger partial charge on any atom is -0.459 e. The van der Waals surface area contributed by atoms with Crippen LogP contribution < -0.4 is 0 Å². The van der Waals surface area contributed by atoms with E-state index in [0.717, 1.165) is 4.34 Å². The molecule has 0 aromatic carbocycles. The SMILES string of the molecule is CC(C)(C)OC(=O)C(C)(C)Sc1nc(CO)cs1. The predicted octanol–water partition coefficient (Wildman–Crippen LogP) is 2.85. The van der Waals surface area contributed by atoms with Crippen LogP contribution in [0.1, 0.15) is 40.3 Å². The smallest absolute Gasteiger partial charge is 0.322 e. The van der Waals surface area contributed by atoms with E-state index in [1.807, 2.05) is 34.6 Å². The summed E-state index contributed by atoms with van der Waals surface area (Å²) in [5, 5.41) is 10.7. The zero-order chi connectivity index (χ0) is 14.0. The van der Waals surface area contributed by atoms with E-state index in [9.17, 15) is 4.79 Å². The van der Waals surface area contributed by atoms with Crippen molar-refractivity contribution in [3.8, 4) is 0 Å². The topological polar surface area (TPSA) is 59.4 Å². The van der Waals surface area contributed by atoms with Gasteiger partial charge >= 0.3 is 5.97 Å². The third-order valence-electron chi connectivity index (χ3n) is 1.93. The van der Waals surface area contributed by atoms with Crippen LogP contribution in [-0.2, 0) is 16.1 Å². The second-order valence-electron chi connectivity index (χ2n) is 5.38. The van der Waals surface area contributed by atoms with Gasteiger partial charge in [-0.05, 0) is 34.6 Å². The zero-order valence-electron chi connectivity index (χ0n) is 11.3. The molecule has 0 unspecified atom stereocenters. The number of aliphatic hydroxyl groups excluding tert-OH is 1. The van der Waals surface area contributed by atoms with E-state index < -0.39 is 10.3 Å². The van der Waals surface area contributed by atoms with Crippen LogP contribution in [-0.4, -0.2) is 26.4 Å². The largest absolute Gasteiger partial charge is 0.459 e. The van der Waals surface area contributed by atoms with Crippen molar-refractivity contribution in [1.29, 1.82) is 0 Å². The molecule has 0 atom stereocenters. The summed E-state index contributed by atoms with van der Waals surface area (Å²) in [4.78, 5) is 16.3. The molecule has 0 fully saturated rings. The van der Waals surface area contributed by atoms with Gasteiger partial charge in [0.25, 0.3) is 0 Å². The first-order chi connectivity index (χ1) is 8.14. The summed E-state index contributed by atoms with van der Waals surface area (Å²) in [5.74, 6) is -0.263. The van der Waals surface area contributed by atoms with Gasteiger partial charge in [0.15, 0.2) is 4.34 Å². The van der Waals surface area contributed by atoms with Gasteiger partial charge in [-0.2, -0.15) is 0 Å². The molecule has 18 heavy (non-hydrogen) atoms. The Balaban J connectivity index is 2.71. The Kier molecular flexibility index (Phi) is 4.80. The van der Waals surface area contributed by atoms with E-state index in [1.165, 1.54) is 23.1 Å². The van der Waals surface area contributed by atoms with Gasteiger partial charge in [-0.15, -0.1) is 11.3 Å². The van der Waals surface area contributed by atoms with Crippen LogP contribution in [0.15, 0.2) is 9.72 Å². The van der Waals surface area contributed by atoms with Crippen molar-refractivity contribution in [3.63, 3.8) is 0 Å². The Labute approximate surface area is 116 Å². The number of carbonyl (C=O) groups is 1. The molecular formula is C12H19NO3S2. The first-order valence-corrected chi connectivity index (χ1v) is 7.31. The van der Waals surface area contributed by atoms with Crippen molar-refractivity contribution in [3.05, 3.63) is 11.1 Å². The summed E-state index contributed by atoms with van der Waals surface area (Å²) in [6, 6.07) is 0. The third-order valence-corrected chi connectivity index (χ3v) is 4.09. The van der Waals surface area contributed by atoms with E-state index in [4.69, 9.17) is 9.84 Å². The Hall–Kier alpha value is -0.590. The molecule has 0 radical (unpaired) electrons. The van der Waals surface area contributed by atoms with E-state index in [1.54, 1.807) is 5.38 Å². The zero-order valence-corrected chi connectivity index (χ0v) is 12.9. The lowest BCUT2D eigenvalue weighted by Gasteiger charge is -2.27. The second-order valence-corrected chi connectivity index (χ2v) is 8.11. The fourth-order valence-corrected chi connectivity index (χ4v) is 3.29. The summed E-state index contributed by atoms with van der Waals surface area (Å²) in [5.41, 5.74) is 0.135. The summed E-state index contributed by atoms with van der Waals surface area (Å²) in [6.07, 6.45) is 0. The van der Waals surface area contributed by atoms with E-state index in [0.29, 0.717) is 5.69 Å². The molecule has 1 aromatic rings. The molecule has 4 nitrogen and oxygen atoms in total. The summed E-state index contributed by atoms with van der Waals surface area (Å²) in [6.45, 7) is 9.08. The number of hydrogen-bond donors (Lipinski definition) is 1. The van der Waals surface area contributed by atoms with Gasteiger partial charge in [-0.25, -0.2) is 4.98 Å². The van der Waals surface area contributed by atoms with Gasteiger partial charge in [0.1, 0.15) is 10.3 Å². The van der Waals surface area contributed by atoms with Crippen LogP contribution in [0.2, 0.25) is 0 Å². The standard InChI is InChI=1S/C12H19NO3S2/c1-11(2,3)16-9(15)12(4,5)18-10-13-8(6-14)7-17-10/h7,14H,6H2,1-5H3. The van der Waals surface area contributed by atoms with Crippen molar-refractivity contribution in [2.75, 3.05) is 0 Å². The number of ether oxygens (including phenoxy) is 1. The molecule has 0 aliphatic rings. The maximum atomic E-state index is 12.0. The second kappa shape index (κ2) is 5.59. The van der Waals surface area contributed by atoms with E-state index in [2.05, 4.69) is 4.98 Å².